The second-order valence-electron chi connectivity index (χ2n) is 8.73. The van der Waals surface area contributed by atoms with E-state index in [0.29, 0.717) is 11.5 Å². The van der Waals surface area contributed by atoms with Crippen LogP contribution < -0.4 is 10.2 Å². The summed E-state index contributed by atoms with van der Waals surface area (Å²) >= 11 is 0. The van der Waals surface area contributed by atoms with Crippen LogP contribution in [-0.4, -0.2) is 44.1 Å². The molecule has 1 aromatic heterocycles. The summed E-state index contributed by atoms with van der Waals surface area (Å²) in [5.41, 5.74) is 3.59. The summed E-state index contributed by atoms with van der Waals surface area (Å²) in [5, 5.41) is 15.7. The summed E-state index contributed by atoms with van der Waals surface area (Å²) in [7, 11) is 0. The fourth-order valence-corrected chi connectivity index (χ4v) is 4.23. The molecule has 172 valence electrons. The summed E-state index contributed by atoms with van der Waals surface area (Å²) in [4.78, 5) is 29.3. The molecule has 1 unspecified atom stereocenters. The van der Waals surface area contributed by atoms with Crippen LogP contribution >= 0.6 is 0 Å². The second-order valence-corrected chi connectivity index (χ2v) is 8.73. The molecule has 1 aliphatic carbocycles. The fourth-order valence-electron chi connectivity index (χ4n) is 4.23. The van der Waals surface area contributed by atoms with Gasteiger partial charge in [0.25, 0.3) is 5.91 Å². The van der Waals surface area contributed by atoms with E-state index in [2.05, 4.69) is 20.7 Å². The van der Waals surface area contributed by atoms with Crippen molar-refractivity contribution in [1.82, 2.24) is 25.5 Å². The van der Waals surface area contributed by atoms with Gasteiger partial charge in [-0.3, -0.25) is 14.5 Å². The minimum atomic E-state index is -0.667. The first-order valence-electron chi connectivity index (χ1n) is 11.5. The van der Waals surface area contributed by atoms with E-state index in [-0.39, 0.29) is 24.4 Å². The summed E-state index contributed by atoms with van der Waals surface area (Å²) in [6, 6.07) is 14.9. The Morgan fingerprint density at radius 1 is 1.09 bits per heavy atom. The molecule has 0 saturated heterocycles. The third-order valence-corrected chi connectivity index (χ3v) is 6.15. The fraction of sp³-hybridized carbons (Fsp3) is 0.400. The van der Waals surface area contributed by atoms with E-state index in [4.69, 9.17) is 0 Å². The zero-order valence-corrected chi connectivity index (χ0v) is 19.4. The number of nitrogens with zero attached hydrogens (tertiary/aromatic N) is 5. The maximum Gasteiger partial charge on any atom is 0.251 e. The number of carbonyl (C=O) groups excluding carboxylic acids is 2. The number of benzene rings is 2. The third-order valence-electron chi connectivity index (χ3n) is 6.15. The van der Waals surface area contributed by atoms with Crippen molar-refractivity contribution in [2.24, 2.45) is 0 Å². The average molecular weight is 447 g/mol. The molecule has 1 aliphatic rings. The summed E-state index contributed by atoms with van der Waals surface area (Å²) in [5.74, 6) is 0.0360. The number of hydrogen-bond donors (Lipinski definition) is 1. The third kappa shape index (κ3) is 5.27. The topological polar surface area (TPSA) is 93.0 Å². The van der Waals surface area contributed by atoms with Gasteiger partial charge in [0, 0.05) is 17.3 Å². The molecule has 2 aromatic carbocycles. The molecule has 0 aliphatic heterocycles. The zero-order chi connectivity index (χ0) is 23.4. The minimum absolute atomic E-state index is 0.117. The Bertz CT molecular complexity index is 1120. The van der Waals surface area contributed by atoms with E-state index in [1.807, 2.05) is 62.4 Å². The van der Waals surface area contributed by atoms with Gasteiger partial charge < -0.3 is 5.32 Å². The van der Waals surface area contributed by atoms with Crippen molar-refractivity contribution in [2.75, 3.05) is 4.90 Å². The Balaban J connectivity index is 1.55. The summed E-state index contributed by atoms with van der Waals surface area (Å²) < 4.78 is 0. The van der Waals surface area contributed by atoms with Crippen LogP contribution in [0.2, 0.25) is 0 Å². The SMILES string of the molecule is Cc1ccc(-c2nnn(CC(=O)N(c3ccccc3C)C(C)C(=O)NC3CCCC3)n2)cc1. The van der Waals surface area contributed by atoms with E-state index < -0.39 is 6.04 Å². The van der Waals surface area contributed by atoms with Crippen molar-refractivity contribution in [3.05, 3.63) is 59.7 Å². The van der Waals surface area contributed by atoms with Crippen molar-refractivity contribution in [3.8, 4) is 11.4 Å². The number of carbonyl (C=O) groups is 2. The molecule has 8 nitrogen and oxygen atoms in total. The predicted octanol–water partition coefficient (Wildman–Crippen LogP) is 3.44. The lowest BCUT2D eigenvalue weighted by Crippen LogP contribution is -2.51. The lowest BCUT2D eigenvalue weighted by Gasteiger charge is -2.30. The lowest BCUT2D eigenvalue weighted by molar-refractivity contribution is -0.127. The number of aryl methyl sites for hydroxylation is 2. The first-order chi connectivity index (χ1) is 15.9. The molecule has 0 spiro atoms. The first-order valence-corrected chi connectivity index (χ1v) is 11.5. The van der Waals surface area contributed by atoms with Crippen molar-refractivity contribution >= 4 is 17.5 Å². The maximum atomic E-state index is 13.5. The normalized spacial score (nSPS) is 14.8. The predicted molar refractivity (Wildman–Crippen MR) is 127 cm³/mol. The van der Waals surface area contributed by atoms with Gasteiger partial charge in [0.2, 0.25) is 11.7 Å². The van der Waals surface area contributed by atoms with E-state index in [0.717, 1.165) is 42.4 Å². The Kier molecular flexibility index (Phi) is 6.82. The minimum Gasteiger partial charge on any atom is -0.352 e. The molecule has 2 amide bonds. The van der Waals surface area contributed by atoms with Gasteiger partial charge in [-0.05, 0) is 50.5 Å². The van der Waals surface area contributed by atoms with Crippen LogP contribution in [0.1, 0.15) is 43.7 Å². The van der Waals surface area contributed by atoms with Crippen molar-refractivity contribution in [2.45, 2.75) is 65.1 Å². The van der Waals surface area contributed by atoms with Crippen LogP contribution in [0.5, 0.6) is 0 Å². The molecule has 8 heteroatoms. The molecule has 1 saturated carbocycles. The highest BCUT2D eigenvalue weighted by Gasteiger charge is 2.30. The van der Waals surface area contributed by atoms with Crippen LogP contribution in [0, 0.1) is 13.8 Å². The maximum absolute atomic E-state index is 13.5. The quantitative estimate of drug-likeness (QED) is 0.600. The largest absolute Gasteiger partial charge is 0.352 e. The Hall–Kier alpha value is -3.55. The molecular formula is C25H30N6O2. The number of rotatable bonds is 7. The number of para-hydroxylation sites is 1. The van der Waals surface area contributed by atoms with E-state index >= 15 is 0 Å². The number of nitrogens with one attached hydrogen (secondary N) is 1. The monoisotopic (exact) mass is 446 g/mol. The van der Waals surface area contributed by atoms with Crippen LogP contribution in [0.4, 0.5) is 5.69 Å². The smallest absolute Gasteiger partial charge is 0.251 e. The molecule has 4 rings (SSSR count). The zero-order valence-electron chi connectivity index (χ0n) is 19.4. The Labute approximate surface area is 194 Å². The van der Waals surface area contributed by atoms with E-state index in [9.17, 15) is 9.59 Å². The molecular weight excluding hydrogens is 416 g/mol. The standard InChI is InChI=1S/C25H30N6O2/c1-17-12-14-20(15-13-17)24-27-29-30(28-24)16-23(32)31(22-11-7-4-8-18(22)2)19(3)25(33)26-21-9-5-6-10-21/h4,7-8,11-15,19,21H,5-6,9-10,16H2,1-3H3,(H,26,33). The van der Waals surface area contributed by atoms with E-state index in [1.54, 1.807) is 11.8 Å². The molecule has 1 heterocycles. The van der Waals surface area contributed by atoms with Crippen LogP contribution in [-0.2, 0) is 16.1 Å². The van der Waals surface area contributed by atoms with Crippen molar-refractivity contribution in [3.63, 3.8) is 0 Å². The summed E-state index contributed by atoms with van der Waals surface area (Å²) in [6.45, 7) is 5.59. The number of aromatic nitrogens is 4. The van der Waals surface area contributed by atoms with Gasteiger partial charge in [-0.25, -0.2) is 0 Å². The highest BCUT2D eigenvalue weighted by Crippen LogP contribution is 2.24. The highest BCUT2D eigenvalue weighted by atomic mass is 16.2. The average Bonchev–Trinajstić information content (AvgIpc) is 3.48. The molecule has 3 aromatic rings. The lowest BCUT2D eigenvalue weighted by atomic mass is 10.1. The van der Waals surface area contributed by atoms with E-state index in [1.165, 1.54) is 4.80 Å². The number of amides is 2. The van der Waals surface area contributed by atoms with Gasteiger partial charge in [0.15, 0.2) is 0 Å². The van der Waals surface area contributed by atoms with Crippen molar-refractivity contribution in [1.29, 1.82) is 0 Å². The Morgan fingerprint density at radius 3 is 2.48 bits per heavy atom. The number of anilines is 1. The van der Waals surface area contributed by atoms with Gasteiger partial charge in [-0.15, -0.1) is 10.2 Å². The van der Waals surface area contributed by atoms with Crippen LogP contribution in [0.3, 0.4) is 0 Å². The molecule has 33 heavy (non-hydrogen) atoms. The molecule has 0 radical (unpaired) electrons. The first kappa shape index (κ1) is 22.6. The van der Waals surface area contributed by atoms with Gasteiger partial charge in [0.1, 0.15) is 12.6 Å². The number of tetrazole rings is 1. The molecule has 1 N–H and O–H groups in total. The second kappa shape index (κ2) is 9.94. The van der Waals surface area contributed by atoms with Gasteiger partial charge in [-0.2, -0.15) is 4.80 Å². The molecule has 1 fully saturated rings. The highest BCUT2D eigenvalue weighted by molar-refractivity contribution is 6.01. The van der Waals surface area contributed by atoms with Crippen LogP contribution in [0.25, 0.3) is 11.4 Å². The summed E-state index contributed by atoms with van der Waals surface area (Å²) in [6.07, 6.45) is 4.23. The molecule has 0 bridgehead atoms. The van der Waals surface area contributed by atoms with Crippen molar-refractivity contribution < 1.29 is 9.59 Å². The van der Waals surface area contributed by atoms with Gasteiger partial charge in [-0.1, -0.05) is 60.9 Å². The van der Waals surface area contributed by atoms with Gasteiger partial charge in [0.05, 0.1) is 0 Å². The molecule has 1 atom stereocenters. The van der Waals surface area contributed by atoms with Crippen LogP contribution in [0.15, 0.2) is 48.5 Å². The number of hydrogen-bond acceptors (Lipinski definition) is 5. The Morgan fingerprint density at radius 2 is 1.79 bits per heavy atom. The van der Waals surface area contributed by atoms with Gasteiger partial charge >= 0.3 is 0 Å².